The summed E-state index contributed by atoms with van der Waals surface area (Å²) in [5.41, 5.74) is 3.12. The van der Waals surface area contributed by atoms with E-state index >= 15 is 0 Å². The number of thioether (sulfide) groups is 1. The third-order valence-corrected chi connectivity index (χ3v) is 6.53. The predicted molar refractivity (Wildman–Crippen MR) is 135 cm³/mol. The van der Waals surface area contributed by atoms with Crippen LogP contribution in [0.5, 0.6) is 5.75 Å². The quantitative estimate of drug-likeness (QED) is 0.305. The van der Waals surface area contributed by atoms with Gasteiger partial charge in [0.15, 0.2) is 11.0 Å². The fourth-order valence-corrected chi connectivity index (χ4v) is 4.19. The van der Waals surface area contributed by atoms with Crippen molar-refractivity contribution >= 4 is 29.3 Å². The molecule has 1 heterocycles. The third-order valence-electron chi connectivity index (χ3n) is 5.14. The minimum absolute atomic E-state index is 0.0578. The van der Waals surface area contributed by atoms with E-state index in [1.807, 2.05) is 90.4 Å². The summed E-state index contributed by atoms with van der Waals surface area (Å²) in [4.78, 5) is 12.4. The maximum absolute atomic E-state index is 12.4. The molecule has 0 saturated carbocycles. The van der Waals surface area contributed by atoms with E-state index in [0.717, 1.165) is 16.7 Å². The summed E-state index contributed by atoms with van der Waals surface area (Å²) in [7, 11) is 0. The van der Waals surface area contributed by atoms with Gasteiger partial charge in [0.1, 0.15) is 12.4 Å². The largest absolute Gasteiger partial charge is 0.486 e. The third kappa shape index (κ3) is 6.62. The van der Waals surface area contributed by atoms with Crippen LogP contribution in [0.4, 0.5) is 0 Å². The SMILES string of the molecule is Cc1cc(OCc2nnc(SCC(=O)NCc3ccccc3)n2Cc2ccccc2)ccc1Cl. The van der Waals surface area contributed by atoms with Crippen molar-refractivity contribution in [3.8, 4) is 5.75 Å². The zero-order valence-corrected chi connectivity index (χ0v) is 20.4. The smallest absolute Gasteiger partial charge is 0.230 e. The van der Waals surface area contributed by atoms with Gasteiger partial charge in [-0.2, -0.15) is 0 Å². The van der Waals surface area contributed by atoms with Gasteiger partial charge in [0, 0.05) is 11.6 Å². The molecule has 0 aliphatic rings. The molecule has 8 heteroatoms. The Kier molecular flexibility index (Phi) is 8.22. The van der Waals surface area contributed by atoms with E-state index in [1.54, 1.807) is 0 Å². The van der Waals surface area contributed by atoms with Gasteiger partial charge in [0.05, 0.1) is 12.3 Å². The first-order chi connectivity index (χ1) is 16.6. The van der Waals surface area contributed by atoms with Gasteiger partial charge in [0.25, 0.3) is 0 Å². The van der Waals surface area contributed by atoms with Crippen LogP contribution >= 0.6 is 23.4 Å². The van der Waals surface area contributed by atoms with Crippen molar-refractivity contribution in [1.29, 1.82) is 0 Å². The number of aryl methyl sites for hydroxylation is 1. The van der Waals surface area contributed by atoms with Crippen molar-refractivity contribution < 1.29 is 9.53 Å². The van der Waals surface area contributed by atoms with Gasteiger partial charge in [0.2, 0.25) is 5.91 Å². The molecule has 34 heavy (non-hydrogen) atoms. The number of carbonyl (C=O) groups excluding carboxylic acids is 1. The van der Waals surface area contributed by atoms with Crippen LogP contribution in [0.1, 0.15) is 22.5 Å². The normalized spacial score (nSPS) is 10.8. The summed E-state index contributed by atoms with van der Waals surface area (Å²) in [5.74, 6) is 1.59. The molecular weight excluding hydrogens is 468 g/mol. The Hall–Kier alpha value is -3.29. The lowest BCUT2D eigenvalue weighted by atomic mass is 10.2. The maximum atomic E-state index is 12.4. The van der Waals surface area contributed by atoms with Crippen LogP contribution < -0.4 is 10.1 Å². The van der Waals surface area contributed by atoms with Crippen LogP contribution in [-0.2, 0) is 24.5 Å². The van der Waals surface area contributed by atoms with Crippen molar-refractivity contribution in [2.75, 3.05) is 5.75 Å². The highest BCUT2D eigenvalue weighted by Crippen LogP contribution is 2.23. The lowest BCUT2D eigenvalue weighted by molar-refractivity contribution is -0.118. The zero-order chi connectivity index (χ0) is 23.8. The minimum atomic E-state index is -0.0578. The van der Waals surface area contributed by atoms with Gasteiger partial charge in [-0.05, 0) is 41.8 Å². The predicted octanol–water partition coefficient (Wildman–Crippen LogP) is 5.28. The average Bonchev–Trinajstić information content (AvgIpc) is 3.24. The number of nitrogens with zero attached hydrogens (tertiary/aromatic N) is 3. The van der Waals surface area contributed by atoms with E-state index < -0.39 is 0 Å². The number of carbonyl (C=O) groups is 1. The molecule has 0 atom stereocenters. The minimum Gasteiger partial charge on any atom is -0.486 e. The van der Waals surface area contributed by atoms with E-state index in [4.69, 9.17) is 16.3 Å². The molecule has 0 bridgehead atoms. The van der Waals surface area contributed by atoms with Crippen LogP contribution in [0.25, 0.3) is 0 Å². The number of aromatic nitrogens is 3. The first kappa shape index (κ1) is 23.9. The van der Waals surface area contributed by atoms with Crippen LogP contribution in [0.3, 0.4) is 0 Å². The first-order valence-corrected chi connectivity index (χ1v) is 12.2. The lowest BCUT2D eigenvalue weighted by Gasteiger charge is -2.12. The molecule has 4 rings (SSSR count). The Morgan fingerprint density at radius 2 is 1.71 bits per heavy atom. The van der Waals surface area contributed by atoms with Crippen molar-refractivity contribution in [3.63, 3.8) is 0 Å². The molecule has 0 aliphatic heterocycles. The molecule has 6 nitrogen and oxygen atoms in total. The topological polar surface area (TPSA) is 69.0 Å². The van der Waals surface area contributed by atoms with Gasteiger partial charge in [-0.25, -0.2) is 0 Å². The summed E-state index contributed by atoms with van der Waals surface area (Å²) >= 11 is 7.48. The summed E-state index contributed by atoms with van der Waals surface area (Å²) < 4.78 is 7.96. The van der Waals surface area contributed by atoms with E-state index in [9.17, 15) is 4.79 Å². The molecule has 1 amide bonds. The molecule has 0 aliphatic carbocycles. The Bertz CT molecular complexity index is 1230. The van der Waals surface area contributed by atoms with Crippen LogP contribution in [-0.4, -0.2) is 26.4 Å². The van der Waals surface area contributed by atoms with Gasteiger partial charge in [-0.15, -0.1) is 10.2 Å². The fourth-order valence-electron chi connectivity index (χ4n) is 3.29. The van der Waals surface area contributed by atoms with Gasteiger partial charge < -0.3 is 10.1 Å². The second-order valence-corrected chi connectivity index (χ2v) is 9.07. The Balaban J connectivity index is 1.43. The molecular formula is C26H25ClN4O2S. The number of benzene rings is 3. The maximum Gasteiger partial charge on any atom is 0.230 e. The highest BCUT2D eigenvalue weighted by atomic mass is 35.5. The molecule has 3 aromatic carbocycles. The molecule has 1 N–H and O–H groups in total. The Morgan fingerprint density at radius 3 is 2.41 bits per heavy atom. The van der Waals surface area contributed by atoms with E-state index in [-0.39, 0.29) is 18.3 Å². The number of ether oxygens (including phenoxy) is 1. The molecule has 0 radical (unpaired) electrons. The Morgan fingerprint density at radius 1 is 1.00 bits per heavy atom. The van der Waals surface area contributed by atoms with Crippen molar-refractivity contribution in [2.24, 2.45) is 0 Å². The van der Waals surface area contributed by atoms with Gasteiger partial charge in [-0.3, -0.25) is 9.36 Å². The number of halogens is 1. The van der Waals surface area contributed by atoms with Gasteiger partial charge >= 0.3 is 0 Å². The fraction of sp³-hybridized carbons (Fsp3) is 0.192. The molecule has 0 spiro atoms. The standard InChI is InChI=1S/C26H25ClN4O2S/c1-19-14-22(12-13-23(19)27)33-17-24-29-30-26(31(24)16-21-10-6-3-7-11-21)34-18-25(32)28-15-20-8-4-2-5-9-20/h2-14H,15-18H2,1H3,(H,28,32). The number of nitrogens with one attached hydrogen (secondary N) is 1. The van der Waals surface area contributed by atoms with Crippen LogP contribution in [0.2, 0.25) is 5.02 Å². The summed E-state index contributed by atoms with van der Waals surface area (Å²) in [6.07, 6.45) is 0. The first-order valence-electron chi connectivity index (χ1n) is 10.9. The van der Waals surface area contributed by atoms with Crippen molar-refractivity contribution in [3.05, 3.63) is 106 Å². The lowest BCUT2D eigenvalue weighted by Crippen LogP contribution is -2.24. The Labute approximate surface area is 208 Å². The summed E-state index contributed by atoms with van der Waals surface area (Å²) in [6, 6.07) is 25.5. The summed E-state index contributed by atoms with van der Waals surface area (Å²) in [6.45, 7) is 3.27. The summed E-state index contributed by atoms with van der Waals surface area (Å²) in [5, 5.41) is 13.0. The molecule has 0 saturated heterocycles. The molecule has 174 valence electrons. The highest BCUT2D eigenvalue weighted by Gasteiger charge is 2.16. The van der Waals surface area contributed by atoms with Crippen LogP contribution in [0.15, 0.2) is 84.0 Å². The molecule has 4 aromatic rings. The monoisotopic (exact) mass is 492 g/mol. The number of hydrogen-bond donors (Lipinski definition) is 1. The van der Waals surface area contributed by atoms with Crippen molar-refractivity contribution in [2.45, 2.75) is 31.8 Å². The molecule has 0 fully saturated rings. The van der Waals surface area contributed by atoms with Crippen molar-refractivity contribution in [1.82, 2.24) is 20.1 Å². The van der Waals surface area contributed by atoms with Crippen LogP contribution in [0, 0.1) is 6.92 Å². The molecule has 1 aromatic heterocycles. The van der Waals surface area contributed by atoms with E-state index in [1.165, 1.54) is 11.8 Å². The van der Waals surface area contributed by atoms with Gasteiger partial charge in [-0.1, -0.05) is 84.0 Å². The van der Waals surface area contributed by atoms with E-state index in [0.29, 0.717) is 34.8 Å². The highest BCUT2D eigenvalue weighted by molar-refractivity contribution is 7.99. The number of hydrogen-bond acceptors (Lipinski definition) is 5. The molecule has 0 unspecified atom stereocenters. The van der Waals surface area contributed by atoms with E-state index in [2.05, 4.69) is 15.5 Å². The second kappa shape index (κ2) is 11.7. The zero-order valence-electron chi connectivity index (χ0n) is 18.8. The second-order valence-electron chi connectivity index (χ2n) is 7.72. The number of rotatable bonds is 10. The average molecular weight is 493 g/mol. The number of amides is 1.